The normalized spacial score (nSPS) is 16.5. The lowest BCUT2D eigenvalue weighted by Gasteiger charge is -2.28. The lowest BCUT2D eigenvalue weighted by atomic mass is 10.1. The molecule has 1 atom stereocenters. The second-order valence-electron chi connectivity index (χ2n) is 8.11. The van der Waals surface area contributed by atoms with Gasteiger partial charge in [0.15, 0.2) is 11.5 Å². The van der Waals surface area contributed by atoms with Crippen LogP contribution < -0.4 is 19.1 Å². The topological polar surface area (TPSA) is 85.4 Å². The molecule has 0 aromatic heterocycles. The molecule has 2 aliphatic rings. The van der Waals surface area contributed by atoms with Crippen LogP contribution in [0.4, 0.5) is 10.1 Å². The standard InChI is InChI=1S/C26H21FN2O6/c1-33-20-9-3-17(4-10-20)25(31)28(14-16-2-11-22-23(12-16)35-15-34-22)21-13-24(30)29(26(21)32)19-7-5-18(27)6-8-19/h2-12,21H,13-15H2,1H3. The molecule has 0 spiro atoms. The number of anilines is 1. The van der Waals surface area contributed by atoms with Crippen LogP contribution in [0.1, 0.15) is 22.3 Å². The molecule has 3 aromatic rings. The molecule has 35 heavy (non-hydrogen) atoms. The van der Waals surface area contributed by atoms with Crippen molar-refractivity contribution in [1.29, 1.82) is 0 Å². The average molecular weight is 476 g/mol. The number of nitrogens with zero attached hydrogens (tertiary/aromatic N) is 2. The summed E-state index contributed by atoms with van der Waals surface area (Å²) in [5.41, 5.74) is 1.30. The molecule has 9 heteroatoms. The molecule has 5 rings (SSSR count). The number of amides is 3. The molecule has 3 amide bonds. The Bertz CT molecular complexity index is 1290. The maximum absolute atomic E-state index is 13.6. The van der Waals surface area contributed by atoms with Gasteiger partial charge in [0, 0.05) is 12.1 Å². The molecule has 0 bridgehead atoms. The Morgan fingerprint density at radius 3 is 2.46 bits per heavy atom. The van der Waals surface area contributed by atoms with Gasteiger partial charge in [-0.25, -0.2) is 9.29 Å². The third-order valence-corrected chi connectivity index (χ3v) is 5.97. The van der Waals surface area contributed by atoms with Gasteiger partial charge in [-0.05, 0) is 66.2 Å². The number of benzene rings is 3. The number of hydrogen-bond donors (Lipinski definition) is 0. The number of fused-ring (bicyclic) bond motifs is 1. The summed E-state index contributed by atoms with van der Waals surface area (Å²) in [7, 11) is 1.52. The van der Waals surface area contributed by atoms with Crippen molar-refractivity contribution in [2.24, 2.45) is 0 Å². The van der Waals surface area contributed by atoms with Crippen LogP contribution in [-0.4, -0.2) is 42.6 Å². The molecular weight excluding hydrogens is 455 g/mol. The minimum Gasteiger partial charge on any atom is -0.497 e. The van der Waals surface area contributed by atoms with Gasteiger partial charge in [0.25, 0.3) is 11.8 Å². The van der Waals surface area contributed by atoms with E-state index in [0.717, 1.165) is 4.90 Å². The summed E-state index contributed by atoms with van der Waals surface area (Å²) in [6.07, 6.45) is -0.192. The second-order valence-corrected chi connectivity index (χ2v) is 8.11. The molecule has 0 N–H and O–H groups in total. The summed E-state index contributed by atoms with van der Waals surface area (Å²) in [6, 6.07) is 15.8. The van der Waals surface area contributed by atoms with Crippen molar-refractivity contribution < 1.29 is 33.0 Å². The van der Waals surface area contributed by atoms with Crippen LogP contribution in [0.25, 0.3) is 0 Å². The van der Waals surface area contributed by atoms with Gasteiger partial charge in [0.1, 0.15) is 17.6 Å². The Balaban J connectivity index is 1.48. The number of ether oxygens (including phenoxy) is 3. The second kappa shape index (κ2) is 9.09. The summed E-state index contributed by atoms with van der Waals surface area (Å²) in [6.45, 7) is 0.165. The Labute approximate surface area is 200 Å². The Morgan fingerprint density at radius 2 is 1.74 bits per heavy atom. The van der Waals surface area contributed by atoms with Gasteiger partial charge in [-0.2, -0.15) is 0 Å². The van der Waals surface area contributed by atoms with E-state index in [1.165, 1.54) is 36.3 Å². The van der Waals surface area contributed by atoms with E-state index in [9.17, 15) is 18.8 Å². The van der Waals surface area contributed by atoms with Crippen LogP contribution in [-0.2, 0) is 16.1 Å². The zero-order valence-electron chi connectivity index (χ0n) is 18.8. The Kier molecular flexibility index (Phi) is 5.82. The molecule has 0 saturated carbocycles. The Morgan fingerprint density at radius 1 is 1.03 bits per heavy atom. The van der Waals surface area contributed by atoms with E-state index in [1.807, 2.05) is 0 Å². The molecule has 3 aromatic carbocycles. The molecule has 2 heterocycles. The van der Waals surface area contributed by atoms with E-state index < -0.39 is 29.6 Å². The van der Waals surface area contributed by atoms with Crippen LogP contribution in [0.15, 0.2) is 66.7 Å². The van der Waals surface area contributed by atoms with Crippen LogP contribution in [0.5, 0.6) is 17.2 Å². The molecule has 0 aliphatic carbocycles. The third kappa shape index (κ3) is 4.28. The van der Waals surface area contributed by atoms with Gasteiger partial charge in [-0.1, -0.05) is 6.07 Å². The molecule has 1 fully saturated rings. The number of carbonyl (C=O) groups is 3. The van der Waals surface area contributed by atoms with Crippen LogP contribution in [0.2, 0.25) is 0 Å². The first kappa shape index (κ1) is 22.4. The Hall–Kier alpha value is -4.40. The molecule has 0 radical (unpaired) electrons. The molecule has 1 saturated heterocycles. The van der Waals surface area contributed by atoms with E-state index >= 15 is 0 Å². The highest BCUT2D eigenvalue weighted by atomic mass is 19.1. The summed E-state index contributed by atoms with van der Waals surface area (Å²) >= 11 is 0. The van der Waals surface area contributed by atoms with Gasteiger partial charge in [0.05, 0.1) is 19.2 Å². The van der Waals surface area contributed by atoms with Gasteiger partial charge in [0.2, 0.25) is 12.7 Å². The van der Waals surface area contributed by atoms with Gasteiger partial charge < -0.3 is 19.1 Å². The molecule has 1 unspecified atom stereocenters. The van der Waals surface area contributed by atoms with Crippen molar-refractivity contribution in [1.82, 2.24) is 4.90 Å². The molecule has 2 aliphatic heterocycles. The molecular formula is C26H21FN2O6. The van der Waals surface area contributed by atoms with Gasteiger partial charge in [-0.15, -0.1) is 0 Å². The van der Waals surface area contributed by atoms with Crippen molar-refractivity contribution in [3.8, 4) is 17.2 Å². The number of imide groups is 1. The number of halogens is 1. The van der Waals surface area contributed by atoms with Gasteiger partial charge >= 0.3 is 0 Å². The predicted molar refractivity (Wildman–Crippen MR) is 123 cm³/mol. The van der Waals surface area contributed by atoms with E-state index in [-0.39, 0.29) is 25.4 Å². The van der Waals surface area contributed by atoms with E-state index in [2.05, 4.69) is 0 Å². The lowest BCUT2D eigenvalue weighted by molar-refractivity contribution is -0.122. The number of carbonyl (C=O) groups excluding carboxylic acids is 3. The number of rotatable bonds is 6. The quantitative estimate of drug-likeness (QED) is 0.506. The zero-order valence-corrected chi connectivity index (χ0v) is 18.8. The SMILES string of the molecule is COc1ccc(C(=O)N(Cc2ccc3c(c2)OCO3)C2CC(=O)N(c3ccc(F)cc3)C2=O)cc1. The van der Waals surface area contributed by atoms with Crippen molar-refractivity contribution >= 4 is 23.4 Å². The van der Waals surface area contributed by atoms with Gasteiger partial charge in [-0.3, -0.25) is 14.4 Å². The van der Waals surface area contributed by atoms with Crippen molar-refractivity contribution in [2.45, 2.75) is 19.0 Å². The number of methoxy groups -OCH3 is 1. The fraction of sp³-hybridized carbons (Fsp3) is 0.192. The van der Waals surface area contributed by atoms with Crippen LogP contribution in [0.3, 0.4) is 0 Å². The minimum absolute atomic E-state index is 0.0580. The molecule has 178 valence electrons. The van der Waals surface area contributed by atoms with E-state index in [1.54, 1.807) is 42.5 Å². The van der Waals surface area contributed by atoms with Crippen molar-refractivity contribution in [3.63, 3.8) is 0 Å². The van der Waals surface area contributed by atoms with E-state index in [0.29, 0.717) is 28.4 Å². The minimum atomic E-state index is -1.03. The highest BCUT2D eigenvalue weighted by Crippen LogP contribution is 2.34. The van der Waals surface area contributed by atoms with Crippen molar-refractivity contribution in [3.05, 3.63) is 83.7 Å². The maximum Gasteiger partial charge on any atom is 0.257 e. The smallest absolute Gasteiger partial charge is 0.257 e. The summed E-state index contributed by atoms with van der Waals surface area (Å²) in [4.78, 5) is 42.2. The van der Waals surface area contributed by atoms with E-state index in [4.69, 9.17) is 14.2 Å². The largest absolute Gasteiger partial charge is 0.497 e. The first-order valence-corrected chi connectivity index (χ1v) is 10.9. The van der Waals surface area contributed by atoms with Crippen LogP contribution in [0, 0.1) is 5.82 Å². The average Bonchev–Trinajstić information content (AvgIpc) is 3.46. The van der Waals surface area contributed by atoms with Crippen LogP contribution >= 0.6 is 0 Å². The first-order valence-electron chi connectivity index (χ1n) is 10.9. The monoisotopic (exact) mass is 476 g/mol. The third-order valence-electron chi connectivity index (χ3n) is 5.97. The fourth-order valence-electron chi connectivity index (χ4n) is 4.18. The summed E-state index contributed by atoms with van der Waals surface area (Å²) in [5.74, 6) is -0.203. The summed E-state index contributed by atoms with van der Waals surface area (Å²) < 4.78 is 29.3. The van der Waals surface area contributed by atoms with Crippen molar-refractivity contribution in [2.75, 3.05) is 18.8 Å². The maximum atomic E-state index is 13.6. The predicted octanol–water partition coefficient (Wildman–Crippen LogP) is 3.54. The lowest BCUT2D eigenvalue weighted by Crippen LogP contribution is -2.45. The zero-order chi connectivity index (χ0) is 24.5. The fourth-order valence-corrected chi connectivity index (χ4v) is 4.18. The number of hydrogen-bond acceptors (Lipinski definition) is 6. The highest BCUT2D eigenvalue weighted by Gasteiger charge is 2.44. The highest BCUT2D eigenvalue weighted by molar-refractivity contribution is 6.23. The summed E-state index contributed by atoms with van der Waals surface area (Å²) in [5, 5.41) is 0. The molecule has 8 nitrogen and oxygen atoms in total. The first-order chi connectivity index (χ1) is 16.9.